The Bertz CT molecular complexity index is 1160. The molecule has 0 aliphatic carbocycles. The van der Waals surface area contributed by atoms with Crippen molar-refractivity contribution in [3.8, 4) is 0 Å². The van der Waals surface area contributed by atoms with Crippen molar-refractivity contribution in [3.63, 3.8) is 0 Å². The van der Waals surface area contributed by atoms with Gasteiger partial charge in [0, 0.05) is 24.2 Å². The molecule has 5 N–H and O–H groups in total. The minimum absolute atomic E-state index is 0.218. The van der Waals surface area contributed by atoms with Gasteiger partial charge in [0.05, 0.1) is 4.91 Å². The fraction of sp³-hybridized carbons (Fsp3) is 0.174. The quantitative estimate of drug-likeness (QED) is 0.320. The lowest BCUT2D eigenvalue weighted by molar-refractivity contribution is -0.140. The lowest BCUT2D eigenvalue weighted by Gasteiger charge is -2.14. The number of imide groups is 1. The normalized spacial score (nSPS) is 15.0. The predicted octanol–water partition coefficient (Wildman–Crippen LogP) is 2.67. The van der Waals surface area contributed by atoms with E-state index in [1.54, 1.807) is 42.5 Å². The van der Waals surface area contributed by atoms with Crippen LogP contribution in [0.1, 0.15) is 34.3 Å². The Labute approximate surface area is 198 Å². The van der Waals surface area contributed by atoms with E-state index in [0.29, 0.717) is 11.4 Å². The number of benzene rings is 2. The van der Waals surface area contributed by atoms with Gasteiger partial charge in [0.2, 0.25) is 0 Å². The molecule has 0 unspecified atom stereocenters. The number of rotatable bonds is 10. The van der Waals surface area contributed by atoms with E-state index in [1.807, 2.05) is 12.1 Å². The van der Waals surface area contributed by atoms with Gasteiger partial charge in [-0.25, -0.2) is 4.79 Å². The summed E-state index contributed by atoms with van der Waals surface area (Å²) in [6.07, 6.45) is 1.03. The molecule has 2 aromatic rings. The average molecular weight is 484 g/mol. The van der Waals surface area contributed by atoms with Gasteiger partial charge < -0.3 is 20.8 Å². The first-order chi connectivity index (χ1) is 16.2. The third kappa shape index (κ3) is 6.94. The van der Waals surface area contributed by atoms with Crippen LogP contribution < -0.4 is 16.0 Å². The van der Waals surface area contributed by atoms with Crippen LogP contribution in [0, 0.1) is 0 Å². The Balaban J connectivity index is 1.59. The molecule has 3 rings (SSSR count). The Kier molecular flexibility index (Phi) is 8.04. The molecule has 10 nitrogen and oxygen atoms in total. The number of aliphatic carboxylic acids is 2. The molecule has 1 saturated heterocycles. The van der Waals surface area contributed by atoms with Gasteiger partial charge in [0.1, 0.15) is 6.04 Å². The summed E-state index contributed by atoms with van der Waals surface area (Å²) in [5.74, 6) is -3.47. The molecule has 0 spiro atoms. The third-order valence-electron chi connectivity index (χ3n) is 4.79. The van der Waals surface area contributed by atoms with Gasteiger partial charge >= 0.3 is 11.9 Å². The summed E-state index contributed by atoms with van der Waals surface area (Å²) in [5.41, 5.74) is 2.57. The molecular weight excluding hydrogens is 462 g/mol. The Morgan fingerprint density at radius 1 is 1.06 bits per heavy atom. The van der Waals surface area contributed by atoms with Gasteiger partial charge in [-0.1, -0.05) is 24.3 Å². The van der Waals surface area contributed by atoms with Crippen molar-refractivity contribution in [2.24, 2.45) is 0 Å². The predicted molar refractivity (Wildman–Crippen MR) is 125 cm³/mol. The van der Waals surface area contributed by atoms with E-state index in [0.717, 1.165) is 28.6 Å². The molecule has 0 aromatic heterocycles. The van der Waals surface area contributed by atoms with E-state index < -0.39 is 35.0 Å². The van der Waals surface area contributed by atoms with Gasteiger partial charge in [-0.3, -0.25) is 24.5 Å². The number of nitrogens with one attached hydrogen (secondary N) is 3. The molecule has 0 radical (unpaired) electrons. The zero-order valence-corrected chi connectivity index (χ0v) is 18.6. The number of hydrogen-bond donors (Lipinski definition) is 5. The average Bonchev–Trinajstić information content (AvgIpc) is 3.12. The molecule has 11 heteroatoms. The summed E-state index contributed by atoms with van der Waals surface area (Å²) in [5, 5.41) is 25.3. The fourth-order valence-corrected chi connectivity index (χ4v) is 3.75. The second-order valence-electron chi connectivity index (χ2n) is 7.32. The van der Waals surface area contributed by atoms with E-state index in [9.17, 15) is 29.1 Å². The zero-order chi connectivity index (χ0) is 24.7. The zero-order valence-electron chi connectivity index (χ0n) is 17.7. The topological polar surface area (TPSA) is 162 Å². The maximum absolute atomic E-state index is 12.5. The standard InChI is InChI=1S/C23H21N3O7S/c27-19(28)9-8-17(22(31)32)25-20(29)15-3-1-2-14(10-15)12-24-16-6-4-13(5-7-16)11-18-21(30)26-23(33)34-18/h1-7,10-11,17,24H,8-9,12H2,(H,25,29)(H,27,28)(H,31,32)(H,26,30,33)/b18-11-/t17-/m1/s1. The minimum Gasteiger partial charge on any atom is -0.481 e. The fourth-order valence-electron chi connectivity index (χ4n) is 3.06. The molecule has 176 valence electrons. The van der Waals surface area contributed by atoms with E-state index in [-0.39, 0.29) is 18.4 Å². The first-order valence-corrected chi connectivity index (χ1v) is 11.0. The van der Waals surface area contributed by atoms with Gasteiger partial charge in [-0.15, -0.1) is 0 Å². The van der Waals surface area contributed by atoms with Crippen LogP contribution in [0.25, 0.3) is 6.08 Å². The summed E-state index contributed by atoms with van der Waals surface area (Å²) in [4.78, 5) is 57.6. The second-order valence-corrected chi connectivity index (χ2v) is 8.34. The molecule has 3 amide bonds. The van der Waals surface area contributed by atoms with Crippen molar-refractivity contribution in [3.05, 3.63) is 70.1 Å². The van der Waals surface area contributed by atoms with Gasteiger partial charge in [0.15, 0.2) is 0 Å². The molecule has 1 fully saturated rings. The third-order valence-corrected chi connectivity index (χ3v) is 5.60. The maximum atomic E-state index is 12.5. The van der Waals surface area contributed by atoms with Gasteiger partial charge in [0.25, 0.3) is 17.1 Å². The van der Waals surface area contributed by atoms with E-state index in [2.05, 4.69) is 16.0 Å². The SMILES string of the molecule is O=C(O)CC[C@@H](NC(=O)c1cccc(CNc2ccc(/C=C3\SC(=O)NC3=O)cc2)c1)C(=O)O. The highest BCUT2D eigenvalue weighted by Crippen LogP contribution is 2.26. The van der Waals surface area contributed by atoms with E-state index in [1.165, 1.54) is 0 Å². The molecule has 0 saturated carbocycles. The van der Waals surface area contributed by atoms with Crippen LogP contribution in [0.2, 0.25) is 0 Å². The minimum atomic E-state index is -1.30. The molecule has 1 atom stereocenters. The molecule has 1 aliphatic rings. The first kappa shape index (κ1) is 24.5. The number of carbonyl (C=O) groups is 5. The van der Waals surface area contributed by atoms with Crippen molar-refractivity contribution in [1.29, 1.82) is 0 Å². The first-order valence-electron chi connectivity index (χ1n) is 10.1. The number of carboxylic acids is 2. The monoisotopic (exact) mass is 483 g/mol. The maximum Gasteiger partial charge on any atom is 0.326 e. The molecular formula is C23H21N3O7S. The van der Waals surface area contributed by atoms with Crippen molar-refractivity contribution in [2.45, 2.75) is 25.4 Å². The van der Waals surface area contributed by atoms with Crippen LogP contribution in [0.15, 0.2) is 53.4 Å². The van der Waals surface area contributed by atoms with E-state index in [4.69, 9.17) is 5.11 Å². The number of amides is 3. The molecule has 1 heterocycles. The summed E-state index contributed by atoms with van der Waals surface area (Å²) < 4.78 is 0. The number of anilines is 1. The molecule has 0 bridgehead atoms. The van der Waals surface area contributed by atoms with Crippen LogP contribution in [0.3, 0.4) is 0 Å². The van der Waals surface area contributed by atoms with Crippen LogP contribution in [0.5, 0.6) is 0 Å². The lowest BCUT2D eigenvalue weighted by Crippen LogP contribution is -2.41. The highest BCUT2D eigenvalue weighted by atomic mass is 32.2. The van der Waals surface area contributed by atoms with E-state index >= 15 is 0 Å². The molecule has 34 heavy (non-hydrogen) atoms. The van der Waals surface area contributed by atoms with Gasteiger partial charge in [-0.2, -0.15) is 0 Å². The highest BCUT2D eigenvalue weighted by Gasteiger charge is 2.25. The van der Waals surface area contributed by atoms with Crippen LogP contribution in [-0.4, -0.2) is 45.2 Å². The van der Waals surface area contributed by atoms with Crippen molar-refractivity contribution < 1.29 is 34.2 Å². The summed E-state index contributed by atoms with van der Waals surface area (Å²) >= 11 is 0.847. The summed E-state index contributed by atoms with van der Waals surface area (Å²) in [6.45, 7) is 0.385. The van der Waals surface area contributed by atoms with Crippen LogP contribution in [-0.2, 0) is 20.9 Å². The Morgan fingerprint density at radius 3 is 2.41 bits per heavy atom. The number of hydrogen-bond acceptors (Lipinski definition) is 7. The number of carboxylic acid groups (broad SMARTS) is 2. The lowest BCUT2D eigenvalue weighted by atomic mass is 10.1. The number of carbonyl (C=O) groups excluding carboxylic acids is 3. The Hall–Kier alpha value is -4.12. The van der Waals surface area contributed by atoms with Gasteiger partial charge in [-0.05, 0) is 59.7 Å². The highest BCUT2D eigenvalue weighted by molar-refractivity contribution is 8.18. The molecule has 2 aromatic carbocycles. The molecule has 1 aliphatic heterocycles. The second kappa shape index (κ2) is 11.1. The summed E-state index contributed by atoms with van der Waals surface area (Å²) in [7, 11) is 0. The van der Waals surface area contributed by atoms with Crippen molar-refractivity contribution in [2.75, 3.05) is 5.32 Å². The van der Waals surface area contributed by atoms with Crippen LogP contribution >= 0.6 is 11.8 Å². The summed E-state index contributed by atoms with van der Waals surface area (Å²) in [6, 6.07) is 12.5. The Morgan fingerprint density at radius 2 is 1.79 bits per heavy atom. The van der Waals surface area contributed by atoms with Crippen molar-refractivity contribution >= 4 is 52.5 Å². The van der Waals surface area contributed by atoms with Crippen LogP contribution in [0.4, 0.5) is 10.5 Å². The largest absolute Gasteiger partial charge is 0.481 e. The smallest absolute Gasteiger partial charge is 0.326 e. The number of thioether (sulfide) groups is 1. The van der Waals surface area contributed by atoms with Crippen molar-refractivity contribution in [1.82, 2.24) is 10.6 Å².